The van der Waals surface area contributed by atoms with Crippen molar-refractivity contribution in [2.24, 2.45) is 0 Å². The quantitative estimate of drug-likeness (QED) is 0.184. The van der Waals surface area contributed by atoms with Crippen LogP contribution in [0.5, 0.6) is 23.0 Å². The lowest BCUT2D eigenvalue weighted by Gasteiger charge is -2.21. The van der Waals surface area contributed by atoms with Crippen molar-refractivity contribution in [2.75, 3.05) is 46.8 Å². The van der Waals surface area contributed by atoms with E-state index in [1.54, 1.807) is 39.7 Å². The number of ether oxygens (including phenoxy) is 4. The summed E-state index contributed by atoms with van der Waals surface area (Å²) >= 11 is 0. The molecule has 3 aromatic carbocycles. The summed E-state index contributed by atoms with van der Waals surface area (Å²) in [5, 5.41) is 4.77. The monoisotopic (exact) mass is 621 g/mol. The van der Waals surface area contributed by atoms with Crippen LogP contribution >= 0.6 is 0 Å². The standard InChI is InChI=1S/C33H39N3O7S/c1-7-15-36(16-8-2)44(38,39)25-11-9-22(10-12-25)33(37)35-27-21-32(43-6)30(41-4)19-24(27)17-28-26-20-31(42-5)29(40-3)18-23(26)13-14-34-28/h9-14,18-21H,7-8,15-17H2,1-6H3,(H,35,37). The Bertz CT molecular complexity index is 1720. The molecule has 0 saturated carbocycles. The zero-order valence-corrected chi connectivity index (χ0v) is 26.8. The van der Waals surface area contributed by atoms with Gasteiger partial charge >= 0.3 is 0 Å². The fourth-order valence-corrected chi connectivity index (χ4v) is 6.66. The molecule has 11 heteroatoms. The predicted molar refractivity (Wildman–Crippen MR) is 171 cm³/mol. The molecule has 0 radical (unpaired) electrons. The van der Waals surface area contributed by atoms with E-state index in [1.165, 1.54) is 35.7 Å². The van der Waals surface area contributed by atoms with Crippen molar-refractivity contribution in [3.8, 4) is 23.0 Å². The van der Waals surface area contributed by atoms with E-state index >= 15 is 0 Å². The first-order valence-corrected chi connectivity index (χ1v) is 15.8. The van der Waals surface area contributed by atoms with Gasteiger partial charge in [-0.2, -0.15) is 4.31 Å². The number of pyridine rings is 1. The normalized spacial score (nSPS) is 11.4. The Balaban J connectivity index is 1.68. The lowest BCUT2D eigenvalue weighted by molar-refractivity contribution is 0.102. The van der Waals surface area contributed by atoms with Crippen molar-refractivity contribution in [2.45, 2.75) is 38.0 Å². The second kappa shape index (κ2) is 14.4. The van der Waals surface area contributed by atoms with Gasteiger partial charge in [-0.1, -0.05) is 13.8 Å². The molecular formula is C33H39N3O7S. The van der Waals surface area contributed by atoms with Crippen LogP contribution in [0.1, 0.15) is 48.3 Å². The average molecular weight is 622 g/mol. The number of nitrogens with zero attached hydrogens (tertiary/aromatic N) is 2. The first-order valence-electron chi connectivity index (χ1n) is 14.4. The van der Waals surface area contributed by atoms with E-state index in [1.807, 2.05) is 32.0 Å². The van der Waals surface area contributed by atoms with Crippen LogP contribution in [0.3, 0.4) is 0 Å². The second-order valence-corrected chi connectivity index (χ2v) is 12.0. The van der Waals surface area contributed by atoms with Crippen molar-refractivity contribution < 1.29 is 32.2 Å². The van der Waals surface area contributed by atoms with Gasteiger partial charge in [-0.25, -0.2) is 8.42 Å². The number of aromatic nitrogens is 1. The van der Waals surface area contributed by atoms with Crippen molar-refractivity contribution in [1.82, 2.24) is 9.29 Å². The van der Waals surface area contributed by atoms with Gasteiger partial charge in [-0.05, 0) is 72.3 Å². The summed E-state index contributed by atoms with van der Waals surface area (Å²) in [7, 11) is 2.57. The van der Waals surface area contributed by atoms with Crippen molar-refractivity contribution in [3.05, 3.63) is 77.6 Å². The Morgan fingerprint density at radius 3 is 1.95 bits per heavy atom. The highest BCUT2D eigenvalue weighted by Gasteiger charge is 2.24. The van der Waals surface area contributed by atoms with Crippen molar-refractivity contribution >= 4 is 32.4 Å². The zero-order chi connectivity index (χ0) is 31.9. The number of amides is 1. The first-order chi connectivity index (χ1) is 21.2. The van der Waals surface area contributed by atoms with Crippen molar-refractivity contribution in [1.29, 1.82) is 0 Å². The van der Waals surface area contributed by atoms with Gasteiger partial charge in [0.25, 0.3) is 5.91 Å². The number of carbonyl (C=O) groups is 1. The summed E-state index contributed by atoms with van der Waals surface area (Å²) in [6.45, 7) is 4.76. The summed E-state index contributed by atoms with van der Waals surface area (Å²) in [4.78, 5) is 18.2. The molecule has 0 aliphatic carbocycles. The van der Waals surface area contributed by atoms with Crippen LogP contribution in [0.15, 0.2) is 65.7 Å². The first kappa shape index (κ1) is 32.6. The second-order valence-electron chi connectivity index (χ2n) is 10.1. The Morgan fingerprint density at radius 1 is 0.795 bits per heavy atom. The number of benzene rings is 3. The van der Waals surface area contributed by atoms with Gasteiger partial charge in [0, 0.05) is 48.4 Å². The molecule has 0 fully saturated rings. The van der Waals surface area contributed by atoms with Crippen LogP contribution < -0.4 is 24.3 Å². The van der Waals surface area contributed by atoms with Crippen LogP contribution in [0, 0.1) is 0 Å². The Morgan fingerprint density at radius 2 is 1.36 bits per heavy atom. The third-order valence-electron chi connectivity index (χ3n) is 7.27. The van der Waals surface area contributed by atoms with E-state index in [-0.39, 0.29) is 4.90 Å². The Labute approximate surface area is 259 Å². The smallest absolute Gasteiger partial charge is 0.255 e. The maximum absolute atomic E-state index is 13.5. The van der Waals surface area contributed by atoms with E-state index in [0.29, 0.717) is 66.6 Å². The minimum atomic E-state index is -3.66. The molecule has 1 amide bonds. The molecule has 0 unspecified atom stereocenters. The molecule has 0 atom stereocenters. The number of sulfonamides is 1. The summed E-state index contributed by atoms with van der Waals surface area (Å²) in [6.07, 6.45) is 3.50. The maximum Gasteiger partial charge on any atom is 0.255 e. The number of hydrogen-bond donors (Lipinski definition) is 1. The number of hydrogen-bond acceptors (Lipinski definition) is 8. The molecule has 1 N–H and O–H groups in total. The van der Waals surface area contributed by atoms with E-state index in [4.69, 9.17) is 18.9 Å². The Hall–Kier alpha value is -4.35. The van der Waals surface area contributed by atoms with Crippen LogP contribution in [0.2, 0.25) is 0 Å². The molecule has 0 aliphatic heterocycles. The lowest BCUT2D eigenvalue weighted by atomic mass is 10.0. The number of methoxy groups -OCH3 is 4. The SMILES string of the molecule is CCCN(CCC)S(=O)(=O)c1ccc(C(=O)Nc2cc(OC)c(OC)cc2Cc2nccc3cc(OC)c(OC)cc23)cc1. The third kappa shape index (κ3) is 6.89. The molecule has 1 aromatic heterocycles. The van der Waals surface area contributed by atoms with E-state index in [2.05, 4.69) is 10.3 Å². The molecule has 0 saturated heterocycles. The van der Waals surface area contributed by atoms with Crippen LogP contribution in [-0.4, -0.2) is 65.1 Å². The van der Waals surface area contributed by atoms with Crippen LogP contribution in [-0.2, 0) is 16.4 Å². The molecule has 0 spiro atoms. The Kier molecular flexibility index (Phi) is 10.7. The molecule has 234 valence electrons. The van der Waals surface area contributed by atoms with Gasteiger partial charge < -0.3 is 24.3 Å². The molecule has 0 aliphatic rings. The summed E-state index contributed by atoms with van der Waals surface area (Å²) in [5.41, 5.74) is 2.30. The van der Waals surface area contributed by atoms with Gasteiger partial charge in [0.05, 0.1) is 39.0 Å². The highest BCUT2D eigenvalue weighted by atomic mass is 32.2. The van der Waals surface area contributed by atoms with Gasteiger partial charge in [0.15, 0.2) is 23.0 Å². The molecule has 1 heterocycles. The number of rotatable bonds is 14. The lowest BCUT2D eigenvalue weighted by Crippen LogP contribution is -2.32. The molecule has 10 nitrogen and oxygen atoms in total. The summed E-state index contributed by atoms with van der Waals surface area (Å²) < 4.78 is 49.9. The van der Waals surface area contributed by atoms with Gasteiger partial charge in [0.2, 0.25) is 10.0 Å². The van der Waals surface area contributed by atoms with Gasteiger partial charge in [-0.3, -0.25) is 9.78 Å². The highest BCUT2D eigenvalue weighted by Crippen LogP contribution is 2.37. The van der Waals surface area contributed by atoms with E-state index in [0.717, 1.165) is 22.0 Å². The van der Waals surface area contributed by atoms with Gasteiger partial charge in [-0.15, -0.1) is 0 Å². The summed E-state index contributed by atoms with van der Waals surface area (Å²) in [5.74, 6) is 1.72. The van der Waals surface area contributed by atoms with E-state index in [9.17, 15) is 13.2 Å². The fraction of sp³-hybridized carbons (Fsp3) is 0.333. The number of nitrogens with one attached hydrogen (secondary N) is 1. The highest BCUT2D eigenvalue weighted by molar-refractivity contribution is 7.89. The predicted octanol–water partition coefficient (Wildman–Crippen LogP) is 5.92. The molecule has 0 bridgehead atoms. The zero-order valence-electron chi connectivity index (χ0n) is 26.0. The molecule has 44 heavy (non-hydrogen) atoms. The molecule has 4 rings (SSSR count). The van der Waals surface area contributed by atoms with E-state index < -0.39 is 15.9 Å². The minimum absolute atomic E-state index is 0.150. The topological polar surface area (TPSA) is 116 Å². The third-order valence-corrected chi connectivity index (χ3v) is 9.18. The van der Waals surface area contributed by atoms with Crippen LogP contribution in [0.4, 0.5) is 5.69 Å². The maximum atomic E-state index is 13.5. The number of fused-ring (bicyclic) bond motifs is 1. The molecule has 4 aromatic rings. The number of carbonyl (C=O) groups excluding carboxylic acids is 1. The average Bonchev–Trinajstić information content (AvgIpc) is 3.04. The van der Waals surface area contributed by atoms with Crippen LogP contribution in [0.25, 0.3) is 10.8 Å². The molecular weight excluding hydrogens is 582 g/mol. The number of anilines is 1. The summed E-state index contributed by atoms with van der Waals surface area (Å²) in [6, 6.07) is 15.2. The minimum Gasteiger partial charge on any atom is -0.493 e. The largest absolute Gasteiger partial charge is 0.493 e. The van der Waals surface area contributed by atoms with Gasteiger partial charge in [0.1, 0.15) is 0 Å². The van der Waals surface area contributed by atoms with Crippen molar-refractivity contribution in [3.63, 3.8) is 0 Å². The fourth-order valence-electron chi connectivity index (χ4n) is 5.04.